The number of ether oxygens (including phenoxy) is 1. The number of fused-ring (bicyclic) bond motifs is 1. The van der Waals surface area contributed by atoms with Gasteiger partial charge in [-0.15, -0.1) is 0 Å². The van der Waals surface area contributed by atoms with Crippen LogP contribution in [0.4, 0.5) is 11.5 Å². The summed E-state index contributed by atoms with van der Waals surface area (Å²) in [6.07, 6.45) is 2.54. The van der Waals surface area contributed by atoms with E-state index in [-0.39, 0.29) is 0 Å². The average Bonchev–Trinajstić information content (AvgIpc) is 2.75. The van der Waals surface area contributed by atoms with Gasteiger partial charge in [0.25, 0.3) is 0 Å². The molecule has 1 aromatic carbocycles. The van der Waals surface area contributed by atoms with E-state index in [0.29, 0.717) is 12.5 Å². The van der Waals surface area contributed by atoms with E-state index in [1.807, 2.05) is 6.07 Å². The van der Waals surface area contributed by atoms with Gasteiger partial charge in [0, 0.05) is 31.4 Å². The Morgan fingerprint density at radius 1 is 1.29 bits per heavy atom. The molecule has 5 heteroatoms. The van der Waals surface area contributed by atoms with Crippen molar-refractivity contribution in [2.45, 2.75) is 19.9 Å². The molecule has 2 heterocycles. The van der Waals surface area contributed by atoms with Crippen LogP contribution >= 0.6 is 0 Å². The van der Waals surface area contributed by atoms with Crippen molar-refractivity contribution in [1.82, 2.24) is 15.3 Å². The standard InChI is InChI=1S/C16H20N4O/c1-2-9-21-16-10-15(18-12-19-16)20-8-7-17-11-13-5-3-4-6-14(13)20/h3-6,10,12,17H,2,7-9,11H2,1H3. The molecule has 3 rings (SSSR count). The molecule has 1 aliphatic rings. The lowest BCUT2D eigenvalue weighted by molar-refractivity contribution is 0.305. The molecule has 0 fully saturated rings. The number of nitrogens with zero attached hydrogens (tertiary/aromatic N) is 3. The summed E-state index contributed by atoms with van der Waals surface area (Å²) in [5, 5.41) is 3.44. The highest BCUT2D eigenvalue weighted by molar-refractivity contribution is 5.64. The minimum atomic E-state index is 0.636. The molecule has 2 aromatic rings. The number of aromatic nitrogens is 2. The smallest absolute Gasteiger partial charge is 0.218 e. The van der Waals surface area contributed by atoms with E-state index in [1.165, 1.54) is 11.3 Å². The minimum Gasteiger partial charge on any atom is -0.478 e. The molecule has 5 nitrogen and oxygen atoms in total. The second-order valence-corrected chi connectivity index (χ2v) is 5.02. The van der Waals surface area contributed by atoms with Crippen molar-refractivity contribution in [2.24, 2.45) is 0 Å². The Balaban J connectivity index is 1.92. The van der Waals surface area contributed by atoms with Gasteiger partial charge in [-0.25, -0.2) is 9.97 Å². The first kappa shape index (κ1) is 13.8. The lowest BCUT2D eigenvalue weighted by atomic mass is 10.1. The molecule has 0 saturated carbocycles. The van der Waals surface area contributed by atoms with Crippen LogP contribution in [-0.4, -0.2) is 29.7 Å². The van der Waals surface area contributed by atoms with Gasteiger partial charge in [-0.3, -0.25) is 0 Å². The Hall–Kier alpha value is -2.14. The highest BCUT2D eigenvalue weighted by Crippen LogP contribution is 2.29. The number of nitrogens with one attached hydrogen (secondary N) is 1. The Bertz CT molecular complexity index is 602. The Morgan fingerprint density at radius 2 is 2.19 bits per heavy atom. The lowest BCUT2D eigenvalue weighted by Crippen LogP contribution is -2.25. The lowest BCUT2D eigenvalue weighted by Gasteiger charge is -2.23. The predicted molar refractivity (Wildman–Crippen MR) is 83.0 cm³/mol. The summed E-state index contributed by atoms with van der Waals surface area (Å²) >= 11 is 0. The van der Waals surface area contributed by atoms with Gasteiger partial charge in [-0.1, -0.05) is 25.1 Å². The van der Waals surface area contributed by atoms with Crippen molar-refractivity contribution in [3.63, 3.8) is 0 Å². The van der Waals surface area contributed by atoms with Crippen LogP contribution < -0.4 is 15.0 Å². The van der Waals surface area contributed by atoms with E-state index >= 15 is 0 Å². The van der Waals surface area contributed by atoms with E-state index in [2.05, 4.69) is 51.4 Å². The summed E-state index contributed by atoms with van der Waals surface area (Å²) < 4.78 is 5.61. The molecule has 0 bridgehead atoms. The topological polar surface area (TPSA) is 50.3 Å². The van der Waals surface area contributed by atoms with E-state index < -0.39 is 0 Å². The molecule has 0 amide bonds. The first-order valence-electron chi connectivity index (χ1n) is 7.39. The SMILES string of the molecule is CCCOc1cc(N2CCNCc3ccccc32)ncn1. The maximum Gasteiger partial charge on any atom is 0.218 e. The van der Waals surface area contributed by atoms with Crippen molar-refractivity contribution in [2.75, 3.05) is 24.6 Å². The Kier molecular flexibility index (Phi) is 4.31. The fourth-order valence-corrected chi connectivity index (χ4v) is 2.46. The quantitative estimate of drug-likeness (QED) is 0.935. The molecule has 1 N–H and O–H groups in total. The number of hydrogen-bond donors (Lipinski definition) is 1. The molecular formula is C16H20N4O. The number of benzene rings is 1. The normalized spacial score (nSPS) is 14.4. The van der Waals surface area contributed by atoms with E-state index in [9.17, 15) is 0 Å². The van der Waals surface area contributed by atoms with Gasteiger partial charge in [-0.05, 0) is 18.1 Å². The van der Waals surface area contributed by atoms with Crippen molar-refractivity contribution >= 4 is 11.5 Å². The summed E-state index contributed by atoms with van der Waals surface area (Å²) in [6.45, 7) is 5.44. The number of hydrogen-bond acceptors (Lipinski definition) is 5. The van der Waals surface area contributed by atoms with E-state index in [4.69, 9.17) is 4.74 Å². The number of rotatable bonds is 4. The third-order valence-corrected chi connectivity index (χ3v) is 3.47. The summed E-state index contributed by atoms with van der Waals surface area (Å²) in [5.41, 5.74) is 2.48. The monoisotopic (exact) mass is 284 g/mol. The zero-order valence-corrected chi connectivity index (χ0v) is 12.2. The number of para-hydroxylation sites is 1. The third-order valence-electron chi connectivity index (χ3n) is 3.47. The molecule has 1 aromatic heterocycles. The molecule has 110 valence electrons. The molecule has 0 unspecified atom stereocenters. The van der Waals surface area contributed by atoms with Gasteiger partial charge in [0.2, 0.25) is 5.88 Å². The zero-order valence-electron chi connectivity index (χ0n) is 12.2. The van der Waals surface area contributed by atoms with Crippen molar-refractivity contribution < 1.29 is 4.74 Å². The molecule has 0 radical (unpaired) electrons. The van der Waals surface area contributed by atoms with E-state index in [1.54, 1.807) is 6.33 Å². The maximum absolute atomic E-state index is 5.61. The molecule has 0 spiro atoms. The second kappa shape index (κ2) is 6.54. The summed E-state index contributed by atoms with van der Waals surface area (Å²) in [7, 11) is 0. The molecule has 21 heavy (non-hydrogen) atoms. The first-order chi connectivity index (χ1) is 10.4. The van der Waals surface area contributed by atoms with Crippen LogP contribution in [0.1, 0.15) is 18.9 Å². The fourth-order valence-electron chi connectivity index (χ4n) is 2.46. The van der Waals surface area contributed by atoms with Crippen LogP contribution in [0.25, 0.3) is 0 Å². The van der Waals surface area contributed by atoms with Gasteiger partial charge in [-0.2, -0.15) is 0 Å². The molecule has 0 atom stereocenters. The third kappa shape index (κ3) is 3.13. The van der Waals surface area contributed by atoms with Gasteiger partial charge in [0.1, 0.15) is 12.1 Å². The van der Waals surface area contributed by atoms with Crippen LogP contribution in [0.5, 0.6) is 5.88 Å². The van der Waals surface area contributed by atoms with Gasteiger partial charge in [0.05, 0.1) is 6.61 Å². The van der Waals surface area contributed by atoms with Crippen LogP contribution in [-0.2, 0) is 6.54 Å². The Morgan fingerprint density at radius 3 is 3.10 bits per heavy atom. The predicted octanol–water partition coefficient (Wildman–Crippen LogP) is 2.51. The Labute approximate surface area is 125 Å². The van der Waals surface area contributed by atoms with Crippen LogP contribution in [0.2, 0.25) is 0 Å². The first-order valence-corrected chi connectivity index (χ1v) is 7.39. The van der Waals surface area contributed by atoms with Crippen LogP contribution in [0.3, 0.4) is 0 Å². The summed E-state index contributed by atoms with van der Waals surface area (Å²) in [6, 6.07) is 10.3. The van der Waals surface area contributed by atoms with Gasteiger partial charge in [0.15, 0.2) is 0 Å². The highest BCUT2D eigenvalue weighted by Gasteiger charge is 2.17. The largest absolute Gasteiger partial charge is 0.478 e. The maximum atomic E-state index is 5.61. The van der Waals surface area contributed by atoms with Gasteiger partial charge < -0.3 is 15.0 Å². The zero-order chi connectivity index (χ0) is 14.5. The van der Waals surface area contributed by atoms with Crippen molar-refractivity contribution in [3.05, 3.63) is 42.2 Å². The van der Waals surface area contributed by atoms with Crippen molar-refractivity contribution in [3.8, 4) is 5.88 Å². The fraction of sp³-hybridized carbons (Fsp3) is 0.375. The second-order valence-electron chi connectivity index (χ2n) is 5.02. The summed E-state index contributed by atoms with van der Waals surface area (Å²) in [5.74, 6) is 1.52. The van der Waals surface area contributed by atoms with Gasteiger partial charge >= 0.3 is 0 Å². The molecule has 0 saturated heterocycles. The number of anilines is 2. The van der Waals surface area contributed by atoms with E-state index in [0.717, 1.165) is 31.9 Å². The molecular weight excluding hydrogens is 264 g/mol. The van der Waals surface area contributed by atoms with Crippen LogP contribution in [0, 0.1) is 0 Å². The molecule has 1 aliphatic heterocycles. The van der Waals surface area contributed by atoms with Crippen molar-refractivity contribution in [1.29, 1.82) is 0 Å². The highest BCUT2D eigenvalue weighted by atomic mass is 16.5. The molecule has 0 aliphatic carbocycles. The average molecular weight is 284 g/mol. The van der Waals surface area contributed by atoms with Crippen LogP contribution in [0.15, 0.2) is 36.7 Å². The summed E-state index contributed by atoms with van der Waals surface area (Å²) in [4.78, 5) is 10.8. The minimum absolute atomic E-state index is 0.636.